The Morgan fingerprint density at radius 3 is 2.38 bits per heavy atom. The second-order valence-corrected chi connectivity index (χ2v) is 3.56. The lowest BCUT2D eigenvalue weighted by Crippen LogP contribution is -2.26. The van der Waals surface area contributed by atoms with Crippen molar-refractivity contribution in [1.29, 1.82) is 0 Å². The third-order valence-electron chi connectivity index (χ3n) is 2.43. The molecule has 1 aromatic rings. The van der Waals surface area contributed by atoms with Crippen molar-refractivity contribution in [2.75, 3.05) is 0 Å². The third kappa shape index (κ3) is 1.74. The van der Waals surface area contributed by atoms with Crippen molar-refractivity contribution < 1.29 is 4.74 Å². The summed E-state index contributed by atoms with van der Waals surface area (Å²) in [5, 5.41) is 3.34. The van der Waals surface area contributed by atoms with Crippen LogP contribution in [-0.4, -0.2) is 12.3 Å². The van der Waals surface area contributed by atoms with Crippen molar-refractivity contribution in [3.05, 3.63) is 35.9 Å². The quantitative estimate of drug-likeness (QED) is 0.709. The first-order chi connectivity index (χ1) is 6.27. The number of hydrogen-bond acceptors (Lipinski definition) is 2. The topological polar surface area (TPSA) is 21.3 Å². The van der Waals surface area contributed by atoms with E-state index in [1.54, 1.807) is 0 Å². The molecular formula is C11H15NO. The second-order valence-electron chi connectivity index (χ2n) is 3.56. The Morgan fingerprint density at radius 2 is 1.85 bits per heavy atom. The van der Waals surface area contributed by atoms with E-state index < -0.39 is 0 Å². The summed E-state index contributed by atoms with van der Waals surface area (Å²) in [6, 6.07) is 10.8. The van der Waals surface area contributed by atoms with Gasteiger partial charge in [-0.15, -0.1) is 0 Å². The Balaban J connectivity index is 2.18. The summed E-state index contributed by atoms with van der Waals surface area (Å²) in [6.07, 6.45) is 0.372. The monoisotopic (exact) mass is 177 g/mol. The van der Waals surface area contributed by atoms with E-state index in [1.165, 1.54) is 5.56 Å². The van der Waals surface area contributed by atoms with Crippen LogP contribution in [0.5, 0.6) is 0 Å². The van der Waals surface area contributed by atoms with Gasteiger partial charge in [-0.25, -0.2) is 0 Å². The van der Waals surface area contributed by atoms with E-state index in [0.717, 1.165) is 0 Å². The van der Waals surface area contributed by atoms with E-state index in [9.17, 15) is 0 Å². The van der Waals surface area contributed by atoms with Gasteiger partial charge in [-0.05, 0) is 19.4 Å². The molecule has 0 bridgehead atoms. The molecule has 0 spiro atoms. The molecule has 1 heterocycles. The summed E-state index contributed by atoms with van der Waals surface area (Å²) in [7, 11) is 0. The Morgan fingerprint density at radius 1 is 1.15 bits per heavy atom. The highest BCUT2D eigenvalue weighted by Crippen LogP contribution is 2.27. The first-order valence-corrected chi connectivity index (χ1v) is 4.74. The smallest absolute Gasteiger partial charge is 0.106 e. The summed E-state index contributed by atoms with van der Waals surface area (Å²) in [5.41, 5.74) is 1.26. The molecule has 70 valence electrons. The van der Waals surface area contributed by atoms with Crippen LogP contribution < -0.4 is 5.32 Å². The summed E-state index contributed by atoms with van der Waals surface area (Å²) < 4.78 is 5.75. The van der Waals surface area contributed by atoms with Crippen molar-refractivity contribution in [2.24, 2.45) is 0 Å². The molecule has 1 aromatic carbocycles. The highest BCUT2D eigenvalue weighted by molar-refractivity contribution is 5.19. The number of rotatable bonds is 1. The van der Waals surface area contributed by atoms with Crippen molar-refractivity contribution in [3.8, 4) is 0 Å². The van der Waals surface area contributed by atoms with Gasteiger partial charge in [0.05, 0.1) is 6.10 Å². The van der Waals surface area contributed by atoms with Gasteiger partial charge < -0.3 is 4.74 Å². The van der Waals surface area contributed by atoms with Crippen LogP contribution in [0.15, 0.2) is 30.3 Å². The average Bonchev–Trinajstić information content (AvgIpc) is 2.47. The van der Waals surface area contributed by atoms with Gasteiger partial charge in [-0.2, -0.15) is 0 Å². The maximum atomic E-state index is 5.75. The lowest BCUT2D eigenvalue weighted by Gasteiger charge is -2.13. The van der Waals surface area contributed by atoms with E-state index in [-0.39, 0.29) is 12.3 Å². The Kier molecular flexibility index (Phi) is 2.34. The molecule has 0 aliphatic carbocycles. The molecule has 1 fully saturated rings. The standard InChI is InChI=1S/C11H15NO/c1-8-11(13-9(2)12-8)10-6-4-3-5-7-10/h3-9,11-12H,1-2H3/t8-,9-,11-/m0/s1. The van der Waals surface area contributed by atoms with Gasteiger partial charge in [0.15, 0.2) is 0 Å². The van der Waals surface area contributed by atoms with Gasteiger partial charge in [-0.3, -0.25) is 5.32 Å². The van der Waals surface area contributed by atoms with Crippen molar-refractivity contribution in [1.82, 2.24) is 5.32 Å². The average molecular weight is 177 g/mol. The van der Waals surface area contributed by atoms with Gasteiger partial charge in [0.1, 0.15) is 6.23 Å². The van der Waals surface area contributed by atoms with Gasteiger partial charge >= 0.3 is 0 Å². The predicted octanol–water partition coefficient (Wildman–Crippen LogP) is 2.08. The maximum absolute atomic E-state index is 5.75. The minimum atomic E-state index is 0.167. The highest BCUT2D eigenvalue weighted by atomic mass is 16.5. The van der Waals surface area contributed by atoms with E-state index in [4.69, 9.17) is 4.74 Å². The molecular weight excluding hydrogens is 162 g/mol. The minimum absolute atomic E-state index is 0.167. The van der Waals surface area contributed by atoms with Gasteiger partial charge in [-0.1, -0.05) is 30.3 Å². The Bertz CT molecular complexity index is 273. The Labute approximate surface area is 78.9 Å². The van der Waals surface area contributed by atoms with Crippen molar-refractivity contribution >= 4 is 0 Å². The van der Waals surface area contributed by atoms with Crippen LogP contribution >= 0.6 is 0 Å². The van der Waals surface area contributed by atoms with Crippen LogP contribution in [0.4, 0.5) is 0 Å². The van der Waals surface area contributed by atoms with Crippen LogP contribution in [-0.2, 0) is 4.74 Å². The summed E-state index contributed by atoms with van der Waals surface area (Å²) >= 11 is 0. The molecule has 0 radical (unpaired) electrons. The molecule has 1 saturated heterocycles. The van der Waals surface area contributed by atoms with Crippen LogP contribution in [0.25, 0.3) is 0 Å². The number of ether oxygens (including phenoxy) is 1. The molecule has 0 unspecified atom stereocenters. The summed E-state index contributed by atoms with van der Waals surface area (Å²) in [6.45, 7) is 4.20. The molecule has 2 heteroatoms. The molecule has 1 aliphatic rings. The summed E-state index contributed by atoms with van der Waals surface area (Å²) in [4.78, 5) is 0. The molecule has 3 atom stereocenters. The van der Waals surface area contributed by atoms with E-state index >= 15 is 0 Å². The zero-order chi connectivity index (χ0) is 9.26. The van der Waals surface area contributed by atoms with E-state index in [1.807, 2.05) is 13.0 Å². The second kappa shape index (κ2) is 3.48. The molecule has 0 saturated carbocycles. The molecule has 2 rings (SSSR count). The number of nitrogens with one attached hydrogen (secondary N) is 1. The van der Waals surface area contributed by atoms with Crippen LogP contribution in [0.1, 0.15) is 25.5 Å². The maximum Gasteiger partial charge on any atom is 0.106 e. The first kappa shape index (κ1) is 8.73. The fourth-order valence-electron chi connectivity index (χ4n) is 1.84. The third-order valence-corrected chi connectivity index (χ3v) is 2.43. The summed E-state index contributed by atoms with van der Waals surface area (Å²) in [5.74, 6) is 0. The predicted molar refractivity (Wildman–Crippen MR) is 52.3 cm³/mol. The minimum Gasteiger partial charge on any atom is -0.354 e. The van der Waals surface area contributed by atoms with Crippen molar-refractivity contribution in [3.63, 3.8) is 0 Å². The SMILES string of the molecule is C[C@@H]1N[C@H](C)O[C@@H]1c1ccccc1. The van der Waals surface area contributed by atoms with Gasteiger partial charge in [0.2, 0.25) is 0 Å². The molecule has 13 heavy (non-hydrogen) atoms. The zero-order valence-corrected chi connectivity index (χ0v) is 8.03. The molecule has 1 aliphatic heterocycles. The van der Waals surface area contributed by atoms with Crippen LogP contribution in [0.2, 0.25) is 0 Å². The van der Waals surface area contributed by atoms with Gasteiger partial charge in [0.25, 0.3) is 0 Å². The van der Waals surface area contributed by atoms with Gasteiger partial charge in [0, 0.05) is 6.04 Å². The highest BCUT2D eigenvalue weighted by Gasteiger charge is 2.29. The number of benzene rings is 1. The zero-order valence-electron chi connectivity index (χ0n) is 8.03. The van der Waals surface area contributed by atoms with E-state index in [2.05, 4.69) is 36.5 Å². The Hall–Kier alpha value is -0.860. The number of hydrogen-bond donors (Lipinski definition) is 1. The first-order valence-electron chi connectivity index (χ1n) is 4.74. The molecule has 0 amide bonds. The largest absolute Gasteiger partial charge is 0.354 e. The molecule has 0 aromatic heterocycles. The normalized spacial score (nSPS) is 33.5. The van der Waals surface area contributed by atoms with E-state index in [0.29, 0.717) is 6.04 Å². The van der Waals surface area contributed by atoms with Crippen molar-refractivity contribution in [2.45, 2.75) is 32.2 Å². The molecule has 2 nitrogen and oxygen atoms in total. The molecule has 1 N–H and O–H groups in total. The fourth-order valence-corrected chi connectivity index (χ4v) is 1.84. The lowest BCUT2D eigenvalue weighted by molar-refractivity contribution is 0.0482. The lowest BCUT2D eigenvalue weighted by atomic mass is 10.0. The van der Waals surface area contributed by atoms with Crippen LogP contribution in [0.3, 0.4) is 0 Å². The van der Waals surface area contributed by atoms with Crippen LogP contribution in [0, 0.1) is 0 Å². The fraction of sp³-hybridized carbons (Fsp3) is 0.455.